The van der Waals surface area contributed by atoms with Crippen molar-refractivity contribution in [3.8, 4) is 5.75 Å². The number of carbonyl (C=O) groups is 1. The topological polar surface area (TPSA) is 36.0 Å². The van der Waals surface area contributed by atoms with Crippen molar-refractivity contribution in [3.05, 3.63) is 59.5 Å². The van der Waals surface area contributed by atoms with Crippen LogP contribution in [0.25, 0.3) is 5.57 Å². The Kier molecular flexibility index (Phi) is 10.0. The Morgan fingerprint density at radius 3 is 2.43 bits per heavy atom. The van der Waals surface area contributed by atoms with Crippen molar-refractivity contribution in [1.82, 2.24) is 14.7 Å². The van der Waals surface area contributed by atoms with Crippen LogP contribution in [0.15, 0.2) is 48.3 Å². The van der Waals surface area contributed by atoms with E-state index in [4.69, 9.17) is 4.74 Å². The molecule has 3 aliphatic rings. The highest BCUT2D eigenvalue weighted by molar-refractivity contribution is 5.96. The molecule has 0 spiro atoms. The van der Waals surface area contributed by atoms with Crippen LogP contribution in [-0.4, -0.2) is 66.5 Å². The minimum atomic E-state index is 0.0271. The number of hydrogen-bond donors (Lipinski definition) is 0. The van der Waals surface area contributed by atoms with E-state index in [9.17, 15) is 4.79 Å². The van der Waals surface area contributed by atoms with Gasteiger partial charge in [0, 0.05) is 31.9 Å². The molecule has 192 valence electrons. The van der Waals surface area contributed by atoms with E-state index >= 15 is 0 Å². The number of aryl methyl sites for hydroxylation is 1. The van der Waals surface area contributed by atoms with E-state index in [-0.39, 0.29) is 11.9 Å². The van der Waals surface area contributed by atoms with Crippen LogP contribution in [0.2, 0.25) is 0 Å². The van der Waals surface area contributed by atoms with Gasteiger partial charge in [0.2, 0.25) is 0 Å². The highest BCUT2D eigenvalue weighted by atomic mass is 16.5. The number of rotatable bonds is 6. The maximum absolute atomic E-state index is 13.2. The predicted octanol–water partition coefficient (Wildman–Crippen LogP) is 5.87. The number of benzene rings is 1. The molecular weight excluding hydrogens is 434 g/mol. The van der Waals surface area contributed by atoms with Gasteiger partial charge < -0.3 is 19.4 Å². The number of allylic oxidation sites excluding steroid dienone is 2. The fraction of sp³-hybridized carbons (Fsp3) is 0.567. The van der Waals surface area contributed by atoms with Crippen molar-refractivity contribution in [3.63, 3.8) is 0 Å². The van der Waals surface area contributed by atoms with Crippen molar-refractivity contribution in [2.75, 3.05) is 39.8 Å². The van der Waals surface area contributed by atoms with Gasteiger partial charge in [-0.1, -0.05) is 26.0 Å². The van der Waals surface area contributed by atoms with Gasteiger partial charge in [-0.2, -0.15) is 0 Å². The van der Waals surface area contributed by atoms with Crippen LogP contribution in [0.3, 0.4) is 0 Å². The molecule has 1 aromatic carbocycles. The number of piperidine rings is 1. The van der Waals surface area contributed by atoms with E-state index in [1.807, 2.05) is 44.7 Å². The third-order valence-electron chi connectivity index (χ3n) is 7.40. The smallest absolute Gasteiger partial charge is 0.251 e. The summed E-state index contributed by atoms with van der Waals surface area (Å²) in [5.41, 5.74) is 4.24. The Labute approximate surface area is 213 Å². The fourth-order valence-corrected chi connectivity index (χ4v) is 5.26. The average molecular weight is 480 g/mol. The minimum absolute atomic E-state index is 0.0271. The Hall–Kier alpha value is -2.53. The first-order chi connectivity index (χ1) is 16.9. The molecular formula is C30H45N3O2. The Balaban J connectivity index is 0.00000167. The summed E-state index contributed by atoms with van der Waals surface area (Å²) in [6.45, 7) is 16.1. The van der Waals surface area contributed by atoms with Gasteiger partial charge in [0.05, 0.1) is 18.8 Å². The quantitative estimate of drug-likeness (QED) is 0.478. The molecule has 5 heteroatoms. The molecule has 3 aliphatic heterocycles. The Morgan fingerprint density at radius 2 is 1.80 bits per heavy atom. The number of methoxy groups -OCH3 is 1. The van der Waals surface area contributed by atoms with Crippen molar-refractivity contribution in [2.45, 2.75) is 66.3 Å². The number of nitrogens with zero attached hydrogens (tertiary/aromatic N) is 3. The second kappa shape index (κ2) is 13.0. The van der Waals surface area contributed by atoms with Gasteiger partial charge in [-0.15, -0.1) is 0 Å². The first kappa shape index (κ1) is 27.1. The first-order valence-corrected chi connectivity index (χ1v) is 13.5. The van der Waals surface area contributed by atoms with Gasteiger partial charge in [-0.25, -0.2) is 0 Å². The number of ether oxygens (including phenoxy) is 1. The van der Waals surface area contributed by atoms with E-state index in [1.54, 1.807) is 13.2 Å². The largest absolute Gasteiger partial charge is 0.496 e. The van der Waals surface area contributed by atoms with Gasteiger partial charge in [0.15, 0.2) is 0 Å². The van der Waals surface area contributed by atoms with Gasteiger partial charge in [-0.05, 0) is 100 Å². The molecule has 4 rings (SSSR count). The summed E-state index contributed by atoms with van der Waals surface area (Å²) in [6, 6.07) is 6.10. The van der Waals surface area contributed by atoms with Crippen LogP contribution in [-0.2, 0) is 4.79 Å². The average Bonchev–Trinajstić information content (AvgIpc) is 3.39. The van der Waals surface area contributed by atoms with E-state index in [1.165, 1.54) is 45.3 Å². The highest BCUT2D eigenvalue weighted by Crippen LogP contribution is 2.27. The van der Waals surface area contributed by atoms with Gasteiger partial charge in [0.1, 0.15) is 5.75 Å². The van der Waals surface area contributed by atoms with Crippen LogP contribution in [0.5, 0.6) is 5.75 Å². The van der Waals surface area contributed by atoms with Gasteiger partial charge in [0.25, 0.3) is 5.91 Å². The zero-order valence-electron chi connectivity index (χ0n) is 22.7. The lowest BCUT2D eigenvalue weighted by molar-refractivity contribution is -0.124. The molecule has 2 saturated heterocycles. The lowest BCUT2D eigenvalue weighted by Gasteiger charge is -2.38. The third-order valence-corrected chi connectivity index (χ3v) is 7.40. The van der Waals surface area contributed by atoms with Crippen LogP contribution >= 0.6 is 0 Å². The molecule has 35 heavy (non-hydrogen) atoms. The molecule has 5 nitrogen and oxygen atoms in total. The van der Waals surface area contributed by atoms with E-state index in [2.05, 4.69) is 41.1 Å². The molecule has 3 heterocycles. The molecule has 0 radical (unpaired) electrons. The van der Waals surface area contributed by atoms with Crippen molar-refractivity contribution < 1.29 is 9.53 Å². The Morgan fingerprint density at radius 1 is 1.11 bits per heavy atom. The summed E-state index contributed by atoms with van der Waals surface area (Å²) in [5, 5.41) is 0. The van der Waals surface area contributed by atoms with Crippen molar-refractivity contribution >= 4 is 11.5 Å². The van der Waals surface area contributed by atoms with Crippen molar-refractivity contribution in [1.29, 1.82) is 0 Å². The first-order valence-electron chi connectivity index (χ1n) is 13.5. The predicted molar refractivity (Wildman–Crippen MR) is 146 cm³/mol. The molecule has 0 saturated carbocycles. The molecule has 0 aliphatic carbocycles. The summed E-state index contributed by atoms with van der Waals surface area (Å²) in [7, 11) is 1.68. The zero-order chi connectivity index (χ0) is 25.4. The SMILES string of the molecule is CC.COc1ccc(/C(C)=C/C(=O)N2C=C(N3CCC(CN4CCCC4)CC3)C=CC2C)cc1C. The maximum Gasteiger partial charge on any atom is 0.251 e. The summed E-state index contributed by atoms with van der Waals surface area (Å²) in [6.07, 6.45) is 13.4. The Bertz CT molecular complexity index is 935. The van der Waals surface area contributed by atoms with Crippen LogP contribution in [0.4, 0.5) is 0 Å². The number of carbonyl (C=O) groups excluding carboxylic acids is 1. The monoisotopic (exact) mass is 479 g/mol. The van der Waals surface area contributed by atoms with E-state index in [0.29, 0.717) is 0 Å². The number of likely N-dealkylation sites (tertiary alicyclic amines) is 2. The molecule has 0 aromatic heterocycles. The van der Waals surface area contributed by atoms with Gasteiger partial charge >= 0.3 is 0 Å². The van der Waals surface area contributed by atoms with E-state index < -0.39 is 0 Å². The third kappa shape index (κ3) is 7.00. The number of hydrogen-bond acceptors (Lipinski definition) is 4. The fourth-order valence-electron chi connectivity index (χ4n) is 5.26. The van der Waals surface area contributed by atoms with Gasteiger partial charge in [-0.3, -0.25) is 4.79 Å². The number of amides is 1. The second-order valence-electron chi connectivity index (χ2n) is 9.85. The summed E-state index contributed by atoms with van der Waals surface area (Å²) in [5.74, 6) is 1.70. The lowest BCUT2D eigenvalue weighted by atomic mass is 9.95. The lowest BCUT2D eigenvalue weighted by Crippen LogP contribution is -2.40. The normalized spacial score (nSPS) is 21.5. The molecule has 1 unspecified atom stereocenters. The van der Waals surface area contributed by atoms with Crippen LogP contribution < -0.4 is 4.74 Å². The molecule has 1 aromatic rings. The van der Waals surface area contributed by atoms with Crippen LogP contribution in [0.1, 0.15) is 64.5 Å². The summed E-state index contributed by atoms with van der Waals surface area (Å²) < 4.78 is 5.36. The van der Waals surface area contributed by atoms with E-state index in [0.717, 1.165) is 47.2 Å². The van der Waals surface area contributed by atoms with Crippen molar-refractivity contribution in [2.24, 2.45) is 5.92 Å². The maximum atomic E-state index is 13.2. The van der Waals surface area contributed by atoms with Crippen LogP contribution in [0, 0.1) is 12.8 Å². The molecule has 1 amide bonds. The second-order valence-corrected chi connectivity index (χ2v) is 9.85. The molecule has 1 atom stereocenters. The zero-order valence-corrected chi connectivity index (χ0v) is 22.7. The summed E-state index contributed by atoms with van der Waals surface area (Å²) >= 11 is 0. The minimum Gasteiger partial charge on any atom is -0.496 e. The molecule has 0 bridgehead atoms. The molecule has 0 N–H and O–H groups in total. The summed E-state index contributed by atoms with van der Waals surface area (Å²) in [4.78, 5) is 20.2. The highest BCUT2D eigenvalue weighted by Gasteiger charge is 2.26. The standard InChI is InChI=1S/C28H39N3O2.C2H6/c1-21(25-8-10-27(33-4)22(2)17-25)18-28(32)31-20-26(9-7-23(31)3)30-15-11-24(12-16-30)19-29-13-5-6-14-29;1-2/h7-10,17-18,20,23-24H,5-6,11-16,19H2,1-4H3;1-2H3/b21-18+;. The molecule has 2 fully saturated rings.